The van der Waals surface area contributed by atoms with E-state index in [0.29, 0.717) is 19.7 Å². The number of rotatable bonds is 3. The van der Waals surface area contributed by atoms with E-state index in [-0.39, 0.29) is 18.5 Å². The van der Waals surface area contributed by atoms with Crippen LogP contribution in [0, 0.1) is 6.92 Å². The zero-order valence-corrected chi connectivity index (χ0v) is 13.6. The Morgan fingerprint density at radius 1 is 1.42 bits per heavy atom. The van der Waals surface area contributed by atoms with E-state index in [2.05, 4.69) is 16.0 Å². The summed E-state index contributed by atoms with van der Waals surface area (Å²) in [5.74, 6) is 0.776. The molecule has 2 amide bonds. The van der Waals surface area contributed by atoms with Crippen molar-refractivity contribution in [3.8, 4) is 0 Å². The lowest BCUT2D eigenvalue weighted by atomic mass is 10.2. The highest BCUT2D eigenvalue weighted by Gasteiger charge is 2.34. The van der Waals surface area contributed by atoms with Gasteiger partial charge in [-0.15, -0.1) is 0 Å². The van der Waals surface area contributed by atoms with Crippen LogP contribution in [0.1, 0.15) is 30.3 Å². The first-order valence-electron chi connectivity index (χ1n) is 8.29. The Balaban J connectivity index is 1.54. The van der Waals surface area contributed by atoms with Gasteiger partial charge in [0.15, 0.2) is 0 Å². The third-order valence-electron chi connectivity index (χ3n) is 4.72. The molecule has 0 aliphatic carbocycles. The topological polar surface area (TPSA) is 78.5 Å². The van der Waals surface area contributed by atoms with Crippen LogP contribution in [-0.2, 0) is 9.53 Å². The number of imidazole rings is 1. The number of cyclic esters (lactones) is 1. The van der Waals surface area contributed by atoms with Gasteiger partial charge in [-0.25, -0.2) is 9.78 Å². The molecule has 0 spiro atoms. The molecule has 0 radical (unpaired) electrons. The van der Waals surface area contributed by atoms with Crippen LogP contribution < -0.4 is 0 Å². The van der Waals surface area contributed by atoms with Crippen molar-refractivity contribution in [1.82, 2.24) is 19.8 Å². The number of ether oxygens (including phenoxy) is 1. The van der Waals surface area contributed by atoms with E-state index < -0.39 is 6.09 Å². The molecule has 1 atom stereocenters. The molecule has 2 saturated heterocycles. The van der Waals surface area contributed by atoms with Crippen molar-refractivity contribution >= 4 is 23.0 Å². The summed E-state index contributed by atoms with van der Waals surface area (Å²) < 4.78 is 4.89. The summed E-state index contributed by atoms with van der Waals surface area (Å²) in [6.07, 6.45) is 1.42. The molecule has 0 saturated carbocycles. The summed E-state index contributed by atoms with van der Waals surface area (Å²) >= 11 is 0. The van der Waals surface area contributed by atoms with Crippen LogP contribution in [0.2, 0.25) is 0 Å². The minimum Gasteiger partial charge on any atom is -0.448 e. The van der Waals surface area contributed by atoms with Gasteiger partial charge in [-0.05, 0) is 37.5 Å². The maximum absolute atomic E-state index is 12.6. The maximum Gasteiger partial charge on any atom is 0.410 e. The molecule has 7 nitrogen and oxygen atoms in total. The molecule has 0 bridgehead atoms. The quantitative estimate of drug-likeness (QED) is 0.934. The number of nitrogens with one attached hydrogen (secondary N) is 1. The number of H-pyrrole nitrogens is 1. The smallest absolute Gasteiger partial charge is 0.410 e. The number of aromatic nitrogens is 2. The molecule has 2 fully saturated rings. The van der Waals surface area contributed by atoms with Gasteiger partial charge in [0, 0.05) is 6.54 Å². The lowest BCUT2D eigenvalue weighted by Gasteiger charge is -2.25. The number of benzene rings is 1. The van der Waals surface area contributed by atoms with Crippen molar-refractivity contribution < 1.29 is 14.3 Å². The molecule has 2 aliphatic rings. The third kappa shape index (κ3) is 2.60. The SMILES string of the molecule is Cc1ccc2nc([C@H]3CCCN3C(=O)CN3CCOC3=O)[nH]c2c1. The van der Waals surface area contributed by atoms with Gasteiger partial charge in [0.1, 0.15) is 19.0 Å². The molecule has 7 heteroatoms. The van der Waals surface area contributed by atoms with Crippen LogP contribution in [0.5, 0.6) is 0 Å². The first kappa shape index (κ1) is 15.0. The molecular weight excluding hydrogens is 308 g/mol. The van der Waals surface area contributed by atoms with Gasteiger partial charge >= 0.3 is 6.09 Å². The summed E-state index contributed by atoms with van der Waals surface area (Å²) in [6.45, 7) is 3.66. The first-order valence-corrected chi connectivity index (χ1v) is 8.29. The number of fused-ring (bicyclic) bond motifs is 1. The van der Waals surface area contributed by atoms with Crippen molar-refractivity contribution in [2.24, 2.45) is 0 Å². The van der Waals surface area contributed by atoms with E-state index in [1.54, 1.807) is 0 Å². The van der Waals surface area contributed by atoms with Crippen LogP contribution in [-0.4, -0.2) is 58.0 Å². The van der Waals surface area contributed by atoms with E-state index in [1.807, 2.05) is 24.0 Å². The number of hydrogen-bond donors (Lipinski definition) is 1. The molecule has 4 rings (SSSR count). The average Bonchev–Trinajstić information content (AvgIpc) is 3.26. The Kier molecular flexibility index (Phi) is 3.63. The molecule has 126 valence electrons. The van der Waals surface area contributed by atoms with Gasteiger partial charge in [0.25, 0.3) is 0 Å². The van der Waals surface area contributed by atoms with Gasteiger partial charge in [-0.3, -0.25) is 9.69 Å². The Morgan fingerprint density at radius 3 is 3.08 bits per heavy atom. The molecule has 0 unspecified atom stereocenters. The van der Waals surface area contributed by atoms with Gasteiger partial charge in [-0.1, -0.05) is 6.07 Å². The summed E-state index contributed by atoms with van der Waals surface area (Å²) in [5, 5.41) is 0. The van der Waals surface area contributed by atoms with E-state index in [1.165, 1.54) is 10.5 Å². The van der Waals surface area contributed by atoms with E-state index in [4.69, 9.17) is 4.74 Å². The fourth-order valence-electron chi connectivity index (χ4n) is 3.47. The minimum atomic E-state index is -0.404. The predicted octanol–water partition coefficient (Wildman–Crippen LogP) is 1.99. The summed E-state index contributed by atoms with van der Waals surface area (Å²) in [5.41, 5.74) is 3.08. The molecule has 1 N–H and O–H groups in total. The fourth-order valence-corrected chi connectivity index (χ4v) is 3.47. The molecule has 1 aromatic carbocycles. The van der Waals surface area contributed by atoms with Gasteiger partial charge in [-0.2, -0.15) is 0 Å². The number of amides is 2. The van der Waals surface area contributed by atoms with E-state index in [0.717, 1.165) is 29.7 Å². The Labute approximate surface area is 139 Å². The summed E-state index contributed by atoms with van der Waals surface area (Å²) in [6, 6.07) is 6.03. The van der Waals surface area contributed by atoms with Crippen LogP contribution >= 0.6 is 0 Å². The highest BCUT2D eigenvalue weighted by Crippen LogP contribution is 2.31. The summed E-state index contributed by atoms with van der Waals surface area (Å²) in [4.78, 5) is 35.5. The number of carbonyl (C=O) groups is 2. The standard InChI is InChI=1S/C17H20N4O3/c1-11-4-5-12-13(9-11)19-16(18-12)14-3-2-6-21(14)15(22)10-20-7-8-24-17(20)23/h4-5,9,14H,2-3,6-8,10H2,1H3,(H,18,19)/t14-/m1/s1. The Morgan fingerprint density at radius 2 is 2.29 bits per heavy atom. The first-order chi connectivity index (χ1) is 11.6. The van der Waals surface area contributed by atoms with E-state index in [9.17, 15) is 9.59 Å². The van der Waals surface area contributed by atoms with Crippen LogP contribution in [0.15, 0.2) is 18.2 Å². The minimum absolute atomic E-state index is 0.0482. The van der Waals surface area contributed by atoms with Gasteiger partial charge in [0.2, 0.25) is 5.91 Å². The van der Waals surface area contributed by atoms with Crippen molar-refractivity contribution in [3.63, 3.8) is 0 Å². The predicted molar refractivity (Wildman–Crippen MR) is 87.4 cm³/mol. The van der Waals surface area contributed by atoms with Crippen molar-refractivity contribution in [1.29, 1.82) is 0 Å². The lowest BCUT2D eigenvalue weighted by Crippen LogP contribution is -2.40. The molecule has 1 aromatic heterocycles. The van der Waals surface area contributed by atoms with Crippen LogP contribution in [0.3, 0.4) is 0 Å². The zero-order chi connectivity index (χ0) is 16.7. The normalized spacial score (nSPS) is 20.9. The number of hydrogen-bond acceptors (Lipinski definition) is 4. The molecular formula is C17H20N4O3. The number of carbonyl (C=O) groups excluding carboxylic acids is 2. The number of aromatic amines is 1. The lowest BCUT2D eigenvalue weighted by molar-refractivity contribution is -0.132. The van der Waals surface area contributed by atoms with E-state index >= 15 is 0 Å². The second kappa shape index (κ2) is 5.81. The zero-order valence-electron chi connectivity index (χ0n) is 13.6. The highest BCUT2D eigenvalue weighted by atomic mass is 16.6. The fraction of sp³-hybridized carbons (Fsp3) is 0.471. The molecule has 2 aromatic rings. The number of nitrogens with zero attached hydrogens (tertiary/aromatic N) is 3. The highest BCUT2D eigenvalue weighted by molar-refractivity contribution is 5.83. The van der Waals surface area contributed by atoms with Crippen LogP contribution in [0.4, 0.5) is 4.79 Å². The average molecular weight is 328 g/mol. The third-order valence-corrected chi connectivity index (χ3v) is 4.72. The second-order valence-electron chi connectivity index (χ2n) is 6.42. The number of aryl methyl sites for hydroxylation is 1. The second-order valence-corrected chi connectivity index (χ2v) is 6.42. The van der Waals surface area contributed by atoms with Crippen LogP contribution in [0.25, 0.3) is 11.0 Å². The summed E-state index contributed by atoms with van der Waals surface area (Å²) in [7, 11) is 0. The monoisotopic (exact) mass is 328 g/mol. The number of likely N-dealkylation sites (tertiary alicyclic amines) is 1. The van der Waals surface area contributed by atoms with Crippen molar-refractivity contribution in [2.45, 2.75) is 25.8 Å². The largest absolute Gasteiger partial charge is 0.448 e. The van der Waals surface area contributed by atoms with Crippen molar-refractivity contribution in [3.05, 3.63) is 29.6 Å². The molecule has 24 heavy (non-hydrogen) atoms. The Hall–Kier alpha value is -2.57. The Bertz CT molecular complexity index is 800. The van der Waals surface area contributed by atoms with Crippen molar-refractivity contribution in [2.75, 3.05) is 26.2 Å². The molecule has 3 heterocycles. The maximum atomic E-state index is 12.6. The van der Waals surface area contributed by atoms with Gasteiger partial charge in [0.05, 0.1) is 23.6 Å². The molecule has 2 aliphatic heterocycles. The van der Waals surface area contributed by atoms with Gasteiger partial charge < -0.3 is 14.6 Å².